The SMILES string of the molecule is C=C/C=c1\c(=C)ccc2cc(-c3cccc(-n4c5ccccc5c5cc6c(cc54)C4C#CC(/C=C\C=C/4)C6(C)C)c3)nn12. The van der Waals surface area contributed by atoms with Gasteiger partial charge in [0.05, 0.1) is 33.5 Å². The number of benzene rings is 3. The fourth-order valence-corrected chi connectivity index (χ4v) is 6.87. The van der Waals surface area contributed by atoms with Crippen molar-refractivity contribution in [3.05, 3.63) is 138 Å². The Morgan fingerprint density at radius 3 is 2.60 bits per heavy atom. The van der Waals surface area contributed by atoms with Gasteiger partial charge in [0, 0.05) is 33.4 Å². The summed E-state index contributed by atoms with van der Waals surface area (Å²) in [5.74, 6) is 7.40. The first kappa shape index (κ1) is 25.4. The van der Waals surface area contributed by atoms with Gasteiger partial charge < -0.3 is 4.57 Å². The van der Waals surface area contributed by atoms with E-state index >= 15 is 0 Å². The number of pyridine rings is 1. The molecule has 0 N–H and O–H groups in total. The molecule has 0 spiro atoms. The average molecular weight is 554 g/mol. The van der Waals surface area contributed by atoms with Gasteiger partial charge in [0.25, 0.3) is 0 Å². The van der Waals surface area contributed by atoms with E-state index in [2.05, 4.69) is 141 Å². The van der Waals surface area contributed by atoms with Crippen LogP contribution >= 0.6 is 0 Å². The van der Waals surface area contributed by atoms with Gasteiger partial charge in [-0.3, -0.25) is 0 Å². The molecule has 3 aromatic heterocycles. The quantitative estimate of drug-likeness (QED) is 0.207. The molecule has 3 heterocycles. The highest BCUT2D eigenvalue weighted by atomic mass is 15.2. The van der Waals surface area contributed by atoms with Crippen LogP contribution in [-0.2, 0) is 5.41 Å². The van der Waals surface area contributed by atoms with Crippen LogP contribution in [0.15, 0.2) is 116 Å². The summed E-state index contributed by atoms with van der Waals surface area (Å²) in [4.78, 5) is 0. The Balaban J connectivity index is 1.38. The molecule has 2 atom stereocenters. The molecule has 43 heavy (non-hydrogen) atoms. The standard InChI is InChI=1S/C40H31N3/c1-5-11-37-26(2)18-21-31-23-36(41-43(31)37)28-13-10-15-30(22-28)42-38-17-9-8-16-32(38)34-24-35-33(25-39(34)42)27-12-6-7-14-29(20-19-27)40(35,3)4/h5-18,21-25,27,29H,1-2H2,3-4H3/b12-6-,14-7-,37-11+. The lowest BCUT2D eigenvalue weighted by Crippen LogP contribution is -2.30. The summed E-state index contributed by atoms with van der Waals surface area (Å²) in [7, 11) is 0. The maximum atomic E-state index is 5.00. The van der Waals surface area contributed by atoms with Crippen LogP contribution < -0.4 is 10.6 Å². The van der Waals surface area contributed by atoms with Crippen LogP contribution in [-0.4, -0.2) is 14.2 Å². The van der Waals surface area contributed by atoms with Crippen LogP contribution in [0.5, 0.6) is 0 Å². The molecule has 0 amide bonds. The number of para-hydroxylation sites is 1. The topological polar surface area (TPSA) is 22.2 Å². The highest BCUT2D eigenvalue weighted by Gasteiger charge is 2.35. The number of nitrogens with zero attached hydrogens (tertiary/aromatic N) is 3. The molecular weight excluding hydrogens is 522 g/mol. The zero-order valence-corrected chi connectivity index (χ0v) is 24.4. The molecule has 3 heteroatoms. The summed E-state index contributed by atoms with van der Waals surface area (Å²) in [6, 6.07) is 28.5. The molecule has 0 fully saturated rings. The molecule has 0 saturated carbocycles. The van der Waals surface area contributed by atoms with Crippen LogP contribution in [0.3, 0.4) is 0 Å². The summed E-state index contributed by atoms with van der Waals surface area (Å²) >= 11 is 0. The van der Waals surface area contributed by atoms with Crippen molar-refractivity contribution in [1.82, 2.24) is 14.2 Å². The van der Waals surface area contributed by atoms with Gasteiger partial charge in [0.1, 0.15) is 0 Å². The van der Waals surface area contributed by atoms with Crippen LogP contribution in [0, 0.1) is 17.8 Å². The van der Waals surface area contributed by atoms with Gasteiger partial charge >= 0.3 is 0 Å². The van der Waals surface area contributed by atoms with Gasteiger partial charge in [-0.25, -0.2) is 4.52 Å². The van der Waals surface area contributed by atoms with Crippen molar-refractivity contribution in [3.8, 4) is 28.8 Å². The van der Waals surface area contributed by atoms with Gasteiger partial charge in [-0.1, -0.05) is 106 Å². The molecule has 3 aromatic carbocycles. The highest BCUT2D eigenvalue weighted by molar-refractivity contribution is 6.10. The fraction of sp³-hybridized carbons (Fsp3) is 0.125. The Kier molecular flexibility index (Phi) is 5.52. The van der Waals surface area contributed by atoms with Gasteiger partial charge in [0.15, 0.2) is 0 Å². The lowest BCUT2D eigenvalue weighted by molar-refractivity contribution is 0.456. The molecule has 2 unspecified atom stereocenters. The van der Waals surface area contributed by atoms with Crippen molar-refractivity contribution in [3.63, 3.8) is 0 Å². The van der Waals surface area contributed by atoms with E-state index in [0.717, 1.165) is 33.0 Å². The minimum atomic E-state index is -0.115. The Morgan fingerprint density at radius 2 is 1.72 bits per heavy atom. The van der Waals surface area contributed by atoms with Crippen molar-refractivity contribution < 1.29 is 0 Å². The van der Waals surface area contributed by atoms with E-state index in [9.17, 15) is 0 Å². The highest BCUT2D eigenvalue weighted by Crippen LogP contribution is 2.44. The minimum Gasteiger partial charge on any atom is -0.309 e. The number of rotatable bonds is 3. The second kappa shape index (κ2) is 9.34. The van der Waals surface area contributed by atoms with E-state index in [1.165, 1.54) is 32.9 Å². The monoisotopic (exact) mass is 553 g/mol. The summed E-state index contributed by atoms with van der Waals surface area (Å²) < 4.78 is 4.35. The third kappa shape index (κ3) is 3.80. The Hall–Kier alpha value is -5.33. The van der Waals surface area contributed by atoms with E-state index in [1.807, 2.05) is 16.7 Å². The maximum Gasteiger partial charge on any atom is 0.0934 e. The first-order chi connectivity index (χ1) is 20.9. The summed E-state index contributed by atoms with van der Waals surface area (Å²) in [6.45, 7) is 12.7. The number of fused-ring (bicyclic) bond motifs is 8. The predicted molar refractivity (Wildman–Crippen MR) is 180 cm³/mol. The molecule has 2 aliphatic rings. The van der Waals surface area contributed by atoms with E-state index in [1.54, 1.807) is 6.08 Å². The van der Waals surface area contributed by atoms with E-state index in [0.29, 0.717) is 0 Å². The normalized spacial score (nSPS) is 20.3. The van der Waals surface area contributed by atoms with Crippen molar-refractivity contribution >= 4 is 40.0 Å². The zero-order valence-electron chi connectivity index (χ0n) is 24.4. The third-order valence-electron chi connectivity index (χ3n) is 9.19. The van der Waals surface area contributed by atoms with Crippen LogP contribution in [0.4, 0.5) is 0 Å². The van der Waals surface area contributed by atoms with E-state index in [4.69, 9.17) is 5.10 Å². The van der Waals surface area contributed by atoms with E-state index in [-0.39, 0.29) is 17.3 Å². The van der Waals surface area contributed by atoms with Gasteiger partial charge in [-0.05, 0) is 64.9 Å². The maximum absolute atomic E-state index is 5.00. The Labute approximate surface area is 251 Å². The van der Waals surface area contributed by atoms with Crippen molar-refractivity contribution in [2.24, 2.45) is 5.92 Å². The molecular formula is C40H31N3. The predicted octanol–water partition coefficient (Wildman–Crippen LogP) is 7.60. The Morgan fingerprint density at radius 1 is 0.860 bits per heavy atom. The second-order valence-electron chi connectivity index (χ2n) is 12.1. The molecule has 0 aliphatic heterocycles. The number of hydrogen-bond donors (Lipinski definition) is 0. The zero-order chi connectivity index (χ0) is 29.3. The molecule has 2 bridgehead atoms. The summed E-state index contributed by atoms with van der Waals surface area (Å²) in [5, 5.41) is 9.37. The first-order valence-corrected chi connectivity index (χ1v) is 14.8. The molecule has 0 radical (unpaired) electrons. The number of aromatic nitrogens is 3. The lowest BCUT2D eigenvalue weighted by Gasteiger charge is -2.31. The minimum absolute atomic E-state index is 0.0592. The second-order valence-corrected chi connectivity index (χ2v) is 12.1. The summed E-state index contributed by atoms with van der Waals surface area (Å²) in [5.41, 5.74) is 9.03. The summed E-state index contributed by atoms with van der Waals surface area (Å²) in [6.07, 6.45) is 12.5. The van der Waals surface area contributed by atoms with Crippen LogP contribution in [0.2, 0.25) is 0 Å². The molecule has 3 nitrogen and oxygen atoms in total. The smallest absolute Gasteiger partial charge is 0.0934 e. The van der Waals surface area contributed by atoms with Crippen LogP contribution in [0.1, 0.15) is 30.9 Å². The van der Waals surface area contributed by atoms with Crippen molar-refractivity contribution in [2.75, 3.05) is 0 Å². The third-order valence-corrected chi connectivity index (χ3v) is 9.19. The Bertz CT molecular complexity index is 2380. The number of allylic oxidation sites excluding steroid dienone is 5. The molecule has 206 valence electrons. The first-order valence-electron chi connectivity index (χ1n) is 14.8. The number of hydrogen-bond acceptors (Lipinski definition) is 1. The lowest BCUT2D eigenvalue weighted by atomic mass is 9.72. The molecule has 2 aliphatic carbocycles. The average Bonchev–Trinajstić information content (AvgIpc) is 3.56. The molecule has 0 saturated heterocycles. The van der Waals surface area contributed by atoms with Gasteiger partial charge in [-0.2, -0.15) is 5.10 Å². The van der Waals surface area contributed by atoms with Crippen molar-refractivity contribution in [2.45, 2.75) is 25.2 Å². The van der Waals surface area contributed by atoms with Crippen LogP contribution in [0.25, 0.3) is 56.9 Å². The molecule has 8 rings (SSSR count). The van der Waals surface area contributed by atoms with Gasteiger partial charge in [-0.15, -0.1) is 0 Å². The largest absolute Gasteiger partial charge is 0.309 e. The van der Waals surface area contributed by atoms with Crippen molar-refractivity contribution in [1.29, 1.82) is 0 Å². The van der Waals surface area contributed by atoms with Gasteiger partial charge in [0.2, 0.25) is 0 Å². The molecule has 6 aromatic rings. The fourth-order valence-electron chi connectivity index (χ4n) is 6.87. The van der Waals surface area contributed by atoms with E-state index < -0.39 is 0 Å².